The minimum atomic E-state index is -4.51. The third-order valence-corrected chi connectivity index (χ3v) is 4.58. The quantitative estimate of drug-likeness (QED) is 0.647. The Morgan fingerprint density at radius 2 is 1.54 bits per heavy atom. The Hall–Kier alpha value is -2.72. The van der Waals surface area contributed by atoms with Gasteiger partial charge in [0, 0.05) is 17.2 Å². The lowest BCUT2D eigenvalue weighted by Crippen LogP contribution is -2.15. The average molecular weight is 387 g/mol. The highest BCUT2D eigenvalue weighted by atomic mass is 32.2. The van der Waals surface area contributed by atoms with Crippen molar-refractivity contribution < 1.29 is 35.5 Å². The molecule has 0 spiro atoms. The highest BCUT2D eigenvalue weighted by Crippen LogP contribution is 2.35. The molecule has 1 aliphatic heterocycles. The normalized spacial score (nSPS) is 14.7. The number of benzene rings is 2. The lowest BCUT2D eigenvalue weighted by Gasteiger charge is -2.09. The second kappa shape index (κ2) is 6.22. The first kappa shape index (κ1) is 18.1. The van der Waals surface area contributed by atoms with Crippen LogP contribution in [0.2, 0.25) is 0 Å². The molecule has 5 nitrogen and oxygen atoms in total. The maximum Gasteiger partial charge on any atom is 0.339 e. The van der Waals surface area contributed by atoms with Gasteiger partial charge in [0.2, 0.25) is 10.0 Å². The topological polar surface area (TPSA) is 86.5 Å². The Morgan fingerprint density at radius 1 is 0.923 bits per heavy atom. The molecule has 0 radical (unpaired) electrons. The van der Waals surface area contributed by atoms with Crippen LogP contribution in [0.15, 0.2) is 35.2 Å². The number of rotatable bonds is 3. The molecule has 0 atom stereocenters. The van der Waals surface area contributed by atoms with Crippen LogP contribution in [0.1, 0.15) is 11.1 Å². The monoisotopic (exact) mass is 387 g/mol. The number of primary sulfonamides is 1. The molecule has 3 rings (SSSR count). The Bertz CT molecular complexity index is 1060. The maximum absolute atomic E-state index is 14.4. The van der Waals surface area contributed by atoms with E-state index in [1.54, 1.807) is 0 Å². The van der Waals surface area contributed by atoms with Crippen LogP contribution in [-0.4, -0.2) is 21.0 Å². The molecule has 0 saturated carbocycles. The van der Waals surface area contributed by atoms with Crippen molar-refractivity contribution in [2.45, 2.75) is 4.90 Å². The van der Waals surface area contributed by atoms with Crippen molar-refractivity contribution in [3.8, 4) is 0 Å². The van der Waals surface area contributed by atoms with E-state index < -0.39 is 56.3 Å². The van der Waals surface area contributed by atoms with E-state index in [0.29, 0.717) is 18.2 Å². The van der Waals surface area contributed by atoms with Crippen LogP contribution < -0.4 is 5.14 Å². The highest BCUT2D eigenvalue weighted by molar-refractivity contribution is 7.89. The molecule has 0 aliphatic carbocycles. The number of ether oxygens (including phenoxy) is 1. The fourth-order valence-corrected chi connectivity index (χ4v) is 3.18. The van der Waals surface area contributed by atoms with Crippen LogP contribution in [0.5, 0.6) is 0 Å². The first-order valence-corrected chi connectivity index (χ1v) is 8.51. The summed E-state index contributed by atoms with van der Waals surface area (Å²) in [5.74, 6) is -5.50. The van der Waals surface area contributed by atoms with Gasteiger partial charge in [0.25, 0.3) is 0 Å². The molecule has 0 fully saturated rings. The van der Waals surface area contributed by atoms with Crippen molar-refractivity contribution in [3.05, 3.63) is 64.7 Å². The number of sulfonamides is 1. The minimum absolute atomic E-state index is 0.183. The van der Waals surface area contributed by atoms with Crippen molar-refractivity contribution in [3.63, 3.8) is 0 Å². The summed E-state index contributed by atoms with van der Waals surface area (Å²) in [5.41, 5.74) is -1.25. The Kier molecular flexibility index (Phi) is 4.32. The first-order valence-electron chi connectivity index (χ1n) is 6.97. The number of halogens is 4. The SMILES string of the molecule is NS(=O)(=O)c1cc(F)c(C2=C(c3cc(F)cc(F)c3)C(=O)OC2)cc1F. The van der Waals surface area contributed by atoms with E-state index >= 15 is 0 Å². The summed E-state index contributed by atoms with van der Waals surface area (Å²) in [6.07, 6.45) is 0. The van der Waals surface area contributed by atoms with Crippen LogP contribution in [0.3, 0.4) is 0 Å². The van der Waals surface area contributed by atoms with Gasteiger partial charge in [0.05, 0.1) is 5.57 Å². The van der Waals surface area contributed by atoms with Crippen molar-refractivity contribution in [1.82, 2.24) is 0 Å². The molecule has 2 aromatic rings. The van der Waals surface area contributed by atoms with Gasteiger partial charge in [-0.3, -0.25) is 0 Å². The van der Waals surface area contributed by atoms with Crippen molar-refractivity contribution in [2.24, 2.45) is 5.14 Å². The van der Waals surface area contributed by atoms with E-state index in [0.717, 1.165) is 12.1 Å². The smallest absolute Gasteiger partial charge is 0.339 e. The van der Waals surface area contributed by atoms with Crippen molar-refractivity contribution in [2.75, 3.05) is 6.61 Å². The standard InChI is InChI=1S/C16H9F4NO4S/c17-8-1-7(2-9(18)3-8)15-11(6-25-16(15)22)10-4-13(20)14(5-12(10)19)26(21,23)24/h1-5H,6H2,(H2,21,23,24). The molecule has 0 aromatic heterocycles. The molecule has 136 valence electrons. The molecule has 0 unspecified atom stereocenters. The summed E-state index contributed by atoms with van der Waals surface area (Å²) in [7, 11) is -4.51. The Balaban J connectivity index is 2.25. The minimum Gasteiger partial charge on any atom is -0.457 e. The van der Waals surface area contributed by atoms with Gasteiger partial charge in [0.1, 0.15) is 34.8 Å². The highest BCUT2D eigenvalue weighted by Gasteiger charge is 2.31. The molecule has 2 aromatic carbocycles. The third kappa shape index (κ3) is 3.20. The molecular formula is C16H9F4NO4S. The zero-order chi connectivity index (χ0) is 19.2. The molecule has 26 heavy (non-hydrogen) atoms. The van der Waals surface area contributed by atoms with Crippen molar-refractivity contribution in [1.29, 1.82) is 0 Å². The third-order valence-electron chi connectivity index (χ3n) is 3.66. The summed E-state index contributed by atoms with van der Waals surface area (Å²) in [6.45, 7) is -0.489. The van der Waals surface area contributed by atoms with E-state index in [1.807, 2.05) is 0 Å². The summed E-state index contributed by atoms with van der Waals surface area (Å²) < 4.78 is 82.5. The van der Waals surface area contributed by atoms with E-state index in [4.69, 9.17) is 9.88 Å². The lowest BCUT2D eigenvalue weighted by atomic mass is 9.96. The first-order chi connectivity index (χ1) is 12.1. The molecule has 1 aliphatic rings. The van der Waals surface area contributed by atoms with Gasteiger partial charge in [-0.15, -0.1) is 0 Å². The van der Waals surface area contributed by atoms with E-state index in [1.165, 1.54) is 0 Å². The Morgan fingerprint density at radius 3 is 2.12 bits per heavy atom. The van der Waals surface area contributed by atoms with Gasteiger partial charge in [-0.1, -0.05) is 0 Å². The fourth-order valence-electron chi connectivity index (χ4n) is 2.59. The Labute approximate surface area is 144 Å². The van der Waals surface area contributed by atoms with Crippen LogP contribution in [0, 0.1) is 23.3 Å². The van der Waals surface area contributed by atoms with Crippen molar-refractivity contribution >= 4 is 27.1 Å². The number of hydrogen-bond donors (Lipinski definition) is 1. The lowest BCUT2D eigenvalue weighted by molar-refractivity contribution is -0.133. The number of hydrogen-bond acceptors (Lipinski definition) is 4. The number of carbonyl (C=O) groups excluding carboxylic acids is 1. The van der Waals surface area contributed by atoms with Crippen LogP contribution >= 0.6 is 0 Å². The summed E-state index contributed by atoms with van der Waals surface area (Å²) in [6, 6.07) is 3.13. The predicted octanol–water partition coefficient (Wildman–Crippen LogP) is 2.36. The van der Waals surface area contributed by atoms with E-state index in [9.17, 15) is 30.8 Å². The van der Waals surface area contributed by atoms with Gasteiger partial charge in [0.15, 0.2) is 0 Å². The molecule has 0 saturated heterocycles. The van der Waals surface area contributed by atoms with Gasteiger partial charge in [-0.25, -0.2) is 35.9 Å². The molecule has 0 amide bonds. The number of carbonyl (C=O) groups is 1. The molecule has 10 heteroatoms. The maximum atomic E-state index is 14.4. The molecular weight excluding hydrogens is 378 g/mol. The number of esters is 1. The largest absolute Gasteiger partial charge is 0.457 e. The van der Waals surface area contributed by atoms with Gasteiger partial charge in [-0.05, 0) is 29.8 Å². The molecule has 0 bridgehead atoms. The second-order valence-electron chi connectivity index (χ2n) is 5.40. The van der Waals surface area contributed by atoms with Gasteiger partial charge < -0.3 is 4.74 Å². The summed E-state index contributed by atoms with van der Waals surface area (Å²) in [4.78, 5) is 10.9. The number of nitrogens with two attached hydrogens (primary N) is 1. The van der Waals surface area contributed by atoms with Gasteiger partial charge >= 0.3 is 5.97 Å². The van der Waals surface area contributed by atoms with Crippen LogP contribution in [0.25, 0.3) is 11.1 Å². The molecule has 1 heterocycles. The summed E-state index contributed by atoms with van der Waals surface area (Å²) >= 11 is 0. The van der Waals surface area contributed by atoms with E-state index in [2.05, 4.69) is 0 Å². The van der Waals surface area contributed by atoms with Crippen LogP contribution in [0.4, 0.5) is 17.6 Å². The number of cyclic esters (lactones) is 1. The predicted molar refractivity (Wildman–Crippen MR) is 81.9 cm³/mol. The average Bonchev–Trinajstić information content (AvgIpc) is 2.88. The van der Waals surface area contributed by atoms with Gasteiger partial charge in [-0.2, -0.15) is 0 Å². The van der Waals surface area contributed by atoms with E-state index in [-0.39, 0.29) is 16.7 Å². The van der Waals surface area contributed by atoms with Crippen LogP contribution in [-0.2, 0) is 19.6 Å². The summed E-state index contributed by atoms with van der Waals surface area (Å²) in [5, 5.41) is 4.80. The fraction of sp³-hybridized carbons (Fsp3) is 0.0625. The zero-order valence-electron chi connectivity index (χ0n) is 12.7. The second-order valence-corrected chi connectivity index (χ2v) is 6.93. The zero-order valence-corrected chi connectivity index (χ0v) is 13.5. The molecule has 2 N–H and O–H groups in total.